The lowest BCUT2D eigenvalue weighted by atomic mass is 9.95. The van der Waals surface area contributed by atoms with Crippen LogP contribution in [0, 0.1) is 5.92 Å². The first-order valence-corrected chi connectivity index (χ1v) is 9.83. The van der Waals surface area contributed by atoms with Gasteiger partial charge in [-0.2, -0.15) is 0 Å². The Hall–Kier alpha value is -3.35. The number of hydrogen-bond donors (Lipinski definition) is 1. The molecule has 0 radical (unpaired) electrons. The number of hydrogen-bond acceptors (Lipinski definition) is 4. The van der Waals surface area contributed by atoms with Crippen LogP contribution in [0.25, 0.3) is 5.69 Å². The number of carbonyl (C=O) groups is 2. The normalized spacial score (nSPS) is 15.8. The Morgan fingerprint density at radius 1 is 1.17 bits per heavy atom. The summed E-state index contributed by atoms with van der Waals surface area (Å²) in [6.07, 6.45) is 8.20. The zero-order valence-corrected chi connectivity index (χ0v) is 16.3. The second kappa shape index (κ2) is 8.34. The molecule has 1 saturated heterocycles. The second-order valence-corrected chi connectivity index (χ2v) is 7.34. The number of rotatable bonds is 5. The van der Waals surface area contributed by atoms with E-state index in [9.17, 15) is 9.59 Å². The van der Waals surface area contributed by atoms with Gasteiger partial charge in [0, 0.05) is 37.1 Å². The van der Waals surface area contributed by atoms with E-state index in [4.69, 9.17) is 4.42 Å². The van der Waals surface area contributed by atoms with Gasteiger partial charge < -0.3 is 19.2 Å². The van der Waals surface area contributed by atoms with Gasteiger partial charge in [0.15, 0.2) is 5.76 Å². The van der Waals surface area contributed by atoms with Crippen LogP contribution in [0.3, 0.4) is 0 Å². The third-order valence-corrected chi connectivity index (χ3v) is 5.44. The van der Waals surface area contributed by atoms with Crippen molar-refractivity contribution in [1.29, 1.82) is 0 Å². The molecule has 1 fully saturated rings. The summed E-state index contributed by atoms with van der Waals surface area (Å²) in [4.78, 5) is 30.8. The Balaban J connectivity index is 1.30. The topological polar surface area (TPSA) is 80.4 Å². The van der Waals surface area contributed by atoms with E-state index in [2.05, 4.69) is 10.3 Å². The minimum Gasteiger partial charge on any atom is -0.459 e. The molecule has 1 aliphatic heterocycles. The van der Waals surface area contributed by atoms with E-state index in [0.717, 1.165) is 11.3 Å². The quantitative estimate of drug-likeness (QED) is 0.723. The number of nitrogens with one attached hydrogen (secondary N) is 1. The number of imidazole rings is 1. The van der Waals surface area contributed by atoms with E-state index < -0.39 is 0 Å². The SMILES string of the molecule is CC(NC(=O)C1CCN(C(=O)c2ccco2)CC1)c1ccc(-n2ccnc2)cc1. The summed E-state index contributed by atoms with van der Waals surface area (Å²) in [7, 11) is 0. The standard InChI is InChI=1S/C22H24N4O3/c1-16(17-4-6-19(7-5-17)26-13-10-23-15-26)24-21(27)18-8-11-25(12-9-18)22(28)20-3-2-14-29-20/h2-7,10,13-16,18H,8-9,11-12H2,1H3,(H,24,27). The number of benzene rings is 1. The number of piperidine rings is 1. The van der Waals surface area contributed by atoms with Gasteiger partial charge in [0.25, 0.3) is 5.91 Å². The molecule has 1 aliphatic rings. The molecule has 29 heavy (non-hydrogen) atoms. The molecular weight excluding hydrogens is 368 g/mol. The van der Waals surface area contributed by atoms with Crippen molar-refractivity contribution in [3.05, 3.63) is 72.7 Å². The van der Waals surface area contributed by atoms with Gasteiger partial charge in [-0.15, -0.1) is 0 Å². The third-order valence-electron chi connectivity index (χ3n) is 5.44. The monoisotopic (exact) mass is 392 g/mol. The smallest absolute Gasteiger partial charge is 0.289 e. The lowest BCUT2D eigenvalue weighted by Crippen LogP contribution is -2.43. The van der Waals surface area contributed by atoms with Crippen LogP contribution in [-0.4, -0.2) is 39.4 Å². The van der Waals surface area contributed by atoms with Crippen molar-refractivity contribution >= 4 is 11.8 Å². The third kappa shape index (κ3) is 4.23. The molecule has 4 rings (SSSR count). The number of nitrogens with zero attached hydrogens (tertiary/aromatic N) is 3. The molecule has 2 aromatic heterocycles. The van der Waals surface area contributed by atoms with Crippen LogP contribution in [0.15, 0.2) is 65.8 Å². The van der Waals surface area contributed by atoms with E-state index in [-0.39, 0.29) is 23.8 Å². The molecule has 150 valence electrons. The van der Waals surface area contributed by atoms with E-state index >= 15 is 0 Å². The molecular formula is C22H24N4O3. The minimum atomic E-state index is -0.111. The molecule has 0 aliphatic carbocycles. The van der Waals surface area contributed by atoms with Crippen molar-refractivity contribution in [2.24, 2.45) is 5.92 Å². The first-order valence-electron chi connectivity index (χ1n) is 9.83. The fraction of sp³-hybridized carbons (Fsp3) is 0.318. The minimum absolute atomic E-state index is 0.0429. The van der Waals surface area contributed by atoms with E-state index in [1.807, 2.05) is 42.0 Å². The Morgan fingerprint density at radius 2 is 1.93 bits per heavy atom. The Bertz CT molecular complexity index is 941. The number of likely N-dealkylation sites (tertiary alicyclic amines) is 1. The van der Waals surface area contributed by atoms with Crippen molar-refractivity contribution < 1.29 is 14.0 Å². The Morgan fingerprint density at radius 3 is 2.55 bits per heavy atom. The van der Waals surface area contributed by atoms with Crippen LogP contribution in [-0.2, 0) is 4.79 Å². The number of carbonyl (C=O) groups excluding carboxylic acids is 2. The summed E-state index contributed by atoms with van der Waals surface area (Å²) >= 11 is 0. The predicted molar refractivity (Wildman–Crippen MR) is 107 cm³/mol. The lowest BCUT2D eigenvalue weighted by molar-refractivity contribution is -0.127. The summed E-state index contributed by atoms with van der Waals surface area (Å²) in [6.45, 7) is 3.11. The van der Waals surface area contributed by atoms with Crippen LogP contribution in [0.2, 0.25) is 0 Å². The molecule has 3 aromatic rings. The van der Waals surface area contributed by atoms with Crippen LogP contribution < -0.4 is 5.32 Å². The van der Waals surface area contributed by atoms with Crippen LogP contribution >= 0.6 is 0 Å². The van der Waals surface area contributed by atoms with Gasteiger partial charge in [-0.1, -0.05) is 12.1 Å². The molecule has 0 bridgehead atoms. The number of aromatic nitrogens is 2. The van der Waals surface area contributed by atoms with Gasteiger partial charge >= 0.3 is 0 Å². The molecule has 2 amide bonds. The van der Waals surface area contributed by atoms with Crippen molar-refractivity contribution in [2.75, 3.05) is 13.1 Å². The van der Waals surface area contributed by atoms with Crippen molar-refractivity contribution in [1.82, 2.24) is 19.8 Å². The van der Waals surface area contributed by atoms with Crippen molar-refractivity contribution in [2.45, 2.75) is 25.8 Å². The van der Waals surface area contributed by atoms with Gasteiger partial charge in [-0.25, -0.2) is 4.98 Å². The van der Waals surface area contributed by atoms with E-state index in [1.165, 1.54) is 6.26 Å². The lowest BCUT2D eigenvalue weighted by Gasteiger charge is -2.31. The van der Waals surface area contributed by atoms with Crippen molar-refractivity contribution in [3.63, 3.8) is 0 Å². The Labute approximate surface area is 169 Å². The fourth-order valence-corrected chi connectivity index (χ4v) is 3.66. The summed E-state index contributed by atoms with van der Waals surface area (Å²) in [5, 5.41) is 3.11. The predicted octanol–water partition coefficient (Wildman–Crippen LogP) is 3.19. The molecule has 1 atom stereocenters. The second-order valence-electron chi connectivity index (χ2n) is 7.34. The first kappa shape index (κ1) is 19.0. The molecule has 1 unspecified atom stereocenters. The average Bonchev–Trinajstić information content (AvgIpc) is 3.47. The van der Waals surface area contributed by atoms with Gasteiger partial charge in [-0.3, -0.25) is 9.59 Å². The molecule has 1 aromatic carbocycles. The highest BCUT2D eigenvalue weighted by Gasteiger charge is 2.29. The summed E-state index contributed by atoms with van der Waals surface area (Å²) < 4.78 is 7.12. The van der Waals surface area contributed by atoms with Gasteiger partial charge in [-0.05, 0) is 49.6 Å². The highest BCUT2D eigenvalue weighted by molar-refractivity contribution is 5.91. The Kier molecular flexibility index (Phi) is 5.46. The maximum atomic E-state index is 12.7. The van der Waals surface area contributed by atoms with Crippen LogP contribution in [0.1, 0.15) is 41.9 Å². The van der Waals surface area contributed by atoms with Crippen LogP contribution in [0.5, 0.6) is 0 Å². The number of amides is 2. The fourth-order valence-electron chi connectivity index (χ4n) is 3.66. The zero-order chi connectivity index (χ0) is 20.2. The van der Waals surface area contributed by atoms with Gasteiger partial charge in [0.1, 0.15) is 0 Å². The van der Waals surface area contributed by atoms with Gasteiger partial charge in [0.05, 0.1) is 18.6 Å². The molecule has 1 N–H and O–H groups in total. The largest absolute Gasteiger partial charge is 0.459 e. The van der Waals surface area contributed by atoms with E-state index in [0.29, 0.717) is 31.7 Å². The van der Waals surface area contributed by atoms with E-state index in [1.54, 1.807) is 29.6 Å². The summed E-state index contributed by atoms with van der Waals surface area (Å²) in [5.74, 6) is 0.200. The molecule has 0 saturated carbocycles. The molecule has 3 heterocycles. The summed E-state index contributed by atoms with van der Waals surface area (Å²) in [5.41, 5.74) is 2.08. The van der Waals surface area contributed by atoms with Gasteiger partial charge in [0.2, 0.25) is 5.91 Å². The molecule has 7 heteroatoms. The molecule has 7 nitrogen and oxygen atoms in total. The maximum Gasteiger partial charge on any atom is 0.289 e. The average molecular weight is 392 g/mol. The molecule has 0 spiro atoms. The van der Waals surface area contributed by atoms with Crippen molar-refractivity contribution in [3.8, 4) is 5.69 Å². The zero-order valence-electron chi connectivity index (χ0n) is 16.3. The van der Waals surface area contributed by atoms with Crippen LogP contribution in [0.4, 0.5) is 0 Å². The number of furan rings is 1. The summed E-state index contributed by atoms with van der Waals surface area (Å²) in [6, 6.07) is 11.4. The highest BCUT2D eigenvalue weighted by atomic mass is 16.3. The highest BCUT2D eigenvalue weighted by Crippen LogP contribution is 2.22. The first-order chi connectivity index (χ1) is 14.1. The maximum absolute atomic E-state index is 12.7.